The average molecular weight is 472 g/mol. The van der Waals surface area contributed by atoms with Gasteiger partial charge in [-0.15, -0.1) is 0 Å². The minimum absolute atomic E-state index is 0.350. The van der Waals surface area contributed by atoms with Crippen LogP contribution in [0.3, 0.4) is 0 Å². The maximum Gasteiger partial charge on any atom is 0.328 e. The topological polar surface area (TPSA) is 92.7 Å². The number of nitrogens with one attached hydrogen (secondary N) is 1. The molecule has 170 valence electrons. The molecular formula is C27H21NO5S. The molecule has 1 fully saturated rings. The van der Waals surface area contributed by atoms with Gasteiger partial charge in [-0.05, 0) is 78.2 Å². The van der Waals surface area contributed by atoms with E-state index in [2.05, 4.69) is 5.32 Å². The lowest BCUT2D eigenvalue weighted by atomic mass is 9.94. The number of carboxylic acids is 1. The molecule has 34 heavy (non-hydrogen) atoms. The molecule has 0 bridgehead atoms. The van der Waals surface area contributed by atoms with Crippen LogP contribution >= 0.6 is 11.8 Å². The highest BCUT2D eigenvalue weighted by atomic mass is 32.2. The van der Waals surface area contributed by atoms with Crippen molar-refractivity contribution >= 4 is 40.5 Å². The van der Waals surface area contributed by atoms with E-state index in [1.807, 2.05) is 44.2 Å². The number of aliphatic carboxylic acids is 1. The molecule has 7 heteroatoms. The van der Waals surface area contributed by atoms with Gasteiger partial charge in [-0.2, -0.15) is 0 Å². The van der Waals surface area contributed by atoms with E-state index in [1.165, 1.54) is 6.08 Å². The second-order valence-electron chi connectivity index (χ2n) is 7.82. The third kappa shape index (κ3) is 5.63. The second kappa shape index (κ2) is 9.80. The zero-order valence-electron chi connectivity index (χ0n) is 18.5. The van der Waals surface area contributed by atoms with Crippen LogP contribution in [0, 0.1) is 13.8 Å². The zero-order chi connectivity index (χ0) is 24.2. The Morgan fingerprint density at radius 2 is 1.47 bits per heavy atom. The third-order valence-electron chi connectivity index (χ3n) is 5.02. The highest BCUT2D eigenvalue weighted by Crippen LogP contribution is 2.30. The van der Waals surface area contributed by atoms with Crippen LogP contribution < -0.4 is 10.1 Å². The van der Waals surface area contributed by atoms with Gasteiger partial charge in [-0.3, -0.25) is 14.9 Å². The number of ether oxygens (including phenoxy) is 1. The normalized spacial score (nSPS) is 14.9. The van der Waals surface area contributed by atoms with Gasteiger partial charge in [0.15, 0.2) is 0 Å². The SMILES string of the molecule is Cc1cc(C)cc(C(=CC(=O)O)c2ccc(Oc3ccc(C=C4SC(=O)NC4=O)cc3)cc2)c1. The molecule has 1 heterocycles. The molecule has 3 aromatic rings. The summed E-state index contributed by atoms with van der Waals surface area (Å²) in [6, 6.07) is 20.3. The molecule has 4 rings (SSSR count). The summed E-state index contributed by atoms with van der Waals surface area (Å²) in [5.41, 5.74) is 5.12. The lowest BCUT2D eigenvalue weighted by Crippen LogP contribution is -2.17. The summed E-state index contributed by atoms with van der Waals surface area (Å²) in [6.07, 6.45) is 2.86. The monoisotopic (exact) mass is 471 g/mol. The number of rotatable bonds is 6. The van der Waals surface area contributed by atoms with Gasteiger partial charge < -0.3 is 9.84 Å². The van der Waals surface area contributed by atoms with E-state index < -0.39 is 11.9 Å². The fourth-order valence-corrected chi connectivity index (χ4v) is 4.31. The van der Waals surface area contributed by atoms with E-state index >= 15 is 0 Å². The average Bonchev–Trinajstić information content (AvgIpc) is 3.09. The number of thioether (sulfide) groups is 1. The highest BCUT2D eigenvalue weighted by molar-refractivity contribution is 8.18. The van der Waals surface area contributed by atoms with Gasteiger partial charge in [-0.25, -0.2) is 4.79 Å². The van der Waals surface area contributed by atoms with Gasteiger partial charge in [0.2, 0.25) is 0 Å². The number of aryl methyl sites for hydroxylation is 2. The van der Waals surface area contributed by atoms with Gasteiger partial charge >= 0.3 is 5.97 Å². The fraction of sp³-hybridized carbons (Fsp3) is 0.0741. The number of carboxylic acid groups (broad SMARTS) is 1. The molecule has 0 atom stereocenters. The maximum absolute atomic E-state index is 11.7. The van der Waals surface area contributed by atoms with Crippen LogP contribution in [0.4, 0.5) is 4.79 Å². The Kier molecular flexibility index (Phi) is 6.65. The van der Waals surface area contributed by atoms with Crippen molar-refractivity contribution in [2.75, 3.05) is 0 Å². The molecule has 2 N–H and O–H groups in total. The van der Waals surface area contributed by atoms with Gasteiger partial charge in [0.1, 0.15) is 11.5 Å². The molecular weight excluding hydrogens is 450 g/mol. The predicted molar refractivity (Wildman–Crippen MR) is 133 cm³/mol. The minimum Gasteiger partial charge on any atom is -0.478 e. The lowest BCUT2D eigenvalue weighted by Gasteiger charge is -2.12. The van der Waals surface area contributed by atoms with Crippen molar-refractivity contribution in [2.45, 2.75) is 13.8 Å². The van der Waals surface area contributed by atoms with Gasteiger partial charge in [0.05, 0.1) is 4.91 Å². The number of imide groups is 1. The Bertz CT molecular complexity index is 1320. The number of carbonyl (C=O) groups is 3. The van der Waals surface area contributed by atoms with E-state index in [0.29, 0.717) is 22.0 Å². The quantitative estimate of drug-likeness (QED) is 0.433. The summed E-state index contributed by atoms with van der Waals surface area (Å²) < 4.78 is 5.91. The van der Waals surface area contributed by atoms with Crippen LogP contribution in [0.1, 0.15) is 27.8 Å². The molecule has 0 saturated carbocycles. The lowest BCUT2D eigenvalue weighted by molar-refractivity contribution is -0.131. The Hall–Kier alpha value is -4.10. The van der Waals surface area contributed by atoms with Crippen LogP contribution in [0.25, 0.3) is 11.6 Å². The van der Waals surface area contributed by atoms with Gasteiger partial charge in [0.25, 0.3) is 11.1 Å². The van der Waals surface area contributed by atoms with Crippen LogP contribution in [-0.4, -0.2) is 22.2 Å². The molecule has 1 saturated heterocycles. The van der Waals surface area contributed by atoms with Crippen molar-refractivity contribution in [1.82, 2.24) is 5.32 Å². The molecule has 0 spiro atoms. The number of hydrogen-bond donors (Lipinski definition) is 2. The van der Waals surface area contributed by atoms with E-state index in [9.17, 15) is 19.5 Å². The first-order valence-electron chi connectivity index (χ1n) is 10.4. The summed E-state index contributed by atoms with van der Waals surface area (Å²) in [5.74, 6) is -0.207. The van der Waals surface area contributed by atoms with Crippen LogP contribution in [0.15, 0.2) is 77.7 Å². The zero-order valence-corrected chi connectivity index (χ0v) is 19.3. The van der Waals surface area contributed by atoms with E-state index in [1.54, 1.807) is 42.5 Å². The van der Waals surface area contributed by atoms with E-state index in [0.717, 1.165) is 39.6 Å². The number of hydrogen-bond acceptors (Lipinski definition) is 5. The Balaban J connectivity index is 1.52. The third-order valence-corrected chi connectivity index (χ3v) is 5.83. The smallest absolute Gasteiger partial charge is 0.328 e. The van der Waals surface area contributed by atoms with Crippen molar-refractivity contribution < 1.29 is 24.2 Å². The Morgan fingerprint density at radius 1 is 0.882 bits per heavy atom. The highest BCUT2D eigenvalue weighted by Gasteiger charge is 2.24. The molecule has 2 amide bonds. The van der Waals surface area contributed by atoms with Crippen molar-refractivity contribution in [3.63, 3.8) is 0 Å². The van der Waals surface area contributed by atoms with E-state index in [-0.39, 0.29) is 5.24 Å². The summed E-state index contributed by atoms with van der Waals surface area (Å²) in [7, 11) is 0. The minimum atomic E-state index is -1.01. The van der Waals surface area contributed by atoms with Crippen molar-refractivity contribution in [3.05, 3.63) is 106 Å². The summed E-state index contributed by atoms with van der Waals surface area (Å²) in [5, 5.41) is 11.2. The molecule has 3 aromatic carbocycles. The molecule has 0 aromatic heterocycles. The van der Waals surface area contributed by atoms with Crippen molar-refractivity contribution in [2.24, 2.45) is 0 Å². The first-order valence-corrected chi connectivity index (χ1v) is 11.2. The first kappa shape index (κ1) is 23.1. The van der Waals surface area contributed by atoms with Gasteiger partial charge in [0, 0.05) is 6.08 Å². The molecule has 0 aliphatic carbocycles. The number of amides is 2. The van der Waals surface area contributed by atoms with Crippen LogP contribution in [-0.2, 0) is 9.59 Å². The summed E-state index contributed by atoms with van der Waals surface area (Å²) in [6.45, 7) is 3.96. The standard InChI is InChI=1S/C27H21NO5S/c1-16-11-17(2)13-20(12-16)23(15-25(29)30)19-5-9-22(10-6-19)33-21-7-3-18(4-8-21)14-24-26(31)28-27(32)34-24/h3-15H,1-2H3,(H,29,30)(H,28,31,32). The molecule has 0 unspecified atom stereocenters. The van der Waals surface area contributed by atoms with Crippen LogP contribution in [0.5, 0.6) is 11.5 Å². The first-order chi connectivity index (χ1) is 16.3. The molecule has 1 aliphatic rings. The molecule has 6 nitrogen and oxygen atoms in total. The van der Waals surface area contributed by atoms with Crippen molar-refractivity contribution in [1.29, 1.82) is 0 Å². The molecule has 1 aliphatic heterocycles. The fourth-order valence-electron chi connectivity index (χ4n) is 3.63. The van der Waals surface area contributed by atoms with Gasteiger partial charge in [-0.1, -0.05) is 53.6 Å². The Morgan fingerprint density at radius 3 is 2.00 bits per heavy atom. The second-order valence-corrected chi connectivity index (χ2v) is 8.84. The number of carbonyl (C=O) groups excluding carboxylic acids is 2. The maximum atomic E-state index is 11.7. The van der Waals surface area contributed by atoms with Crippen molar-refractivity contribution in [3.8, 4) is 11.5 Å². The molecule has 0 radical (unpaired) electrons. The van der Waals surface area contributed by atoms with Crippen LogP contribution in [0.2, 0.25) is 0 Å². The van der Waals surface area contributed by atoms with E-state index in [4.69, 9.17) is 4.74 Å². The summed E-state index contributed by atoms with van der Waals surface area (Å²) >= 11 is 0.871. The Labute approximate surface area is 201 Å². The predicted octanol–water partition coefficient (Wildman–Crippen LogP) is 5.94. The number of benzene rings is 3. The largest absolute Gasteiger partial charge is 0.478 e. The summed E-state index contributed by atoms with van der Waals surface area (Å²) in [4.78, 5) is 34.8.